The van der Waals surface area contributed by atoms with Crippen LogP contribution < -0.4 is 4.74 Å². The third-order valence-electron chi connectivity index (χ3n) is 7.23. The number of benzene rings is 1. The third-order valence-corrected chi connectivity index (χ3v) is 7.23. The largest absolute Gasteiger partial charge is 0.507 e. The van der Waals surface area contributed by atoms with Gasteiger partial charge in [-0.2, -0.15) is 12.8 Å². The molecule has 3 rings (SSSR count). The number of methoxy groups -OCH3 is 1. The van der Waals surface area contributed by atoms with Crippen molar-refractivity contribution in [1.82, 2.24) is 0 Å². The number of ether oxygens (including phenoxy) is 1. The summed E-state index contributed by atoms with van der Waals surface area (Å²) in [6.45, 7) is 6.14. The molecule has 1 aromatic rings. The number of phenolic OH excluding ortho intramolecular Hbond substituents is 1. The molecule has 27 heavy (non-hydrogen) atoms. The van der Waals surface area contributed by atoms with E-state index in [1.807, 2.05) is 13.8 Å². The van der Waals surface area contributed by atoms with Gasteiger partial charge >= 0.3 is 0 Å². The van der Waals surface area contributed by atoms with Gasteiger partial charge in [-0.05, 0) is 80.9 Å². The Hall–Kier alpha value is -0.0761. The summed E-state index contributed by atoms with van der Waals surface area (Å²) in [7, 11) is 1.73. The molecule has 0 bridgehead atoms. The smallest absolute Gasteiger partial charge is 0.128 e. The van der Waals surface area contributed by atoms with E-state index in [1.165, 1.54) is 68.9 Å². The van der Waals surface area contributed by atoms with E-state index in [2.05, 4.69) is 13.3 Å². The Balaban J connectivity index is 0.00000261. The van der Waals surface area contributed by atoms with E-state index in [1.54, 1.807) is 7.11 Å². The summed E-state index contributed by atoms with van der Waals surface area (Å²) < 4.78 is 5.69. The normalized spacial score (nSPS) is 23.7. The molecule has 1 N–H and O–H groups in total. The summed E-state index contributed by atoms with van der Waals surface area (Å²) >= 11 is 0. The summed E-state index contributed by atoms with van der Waals surface area (Å²) in [5.41, 5.74) is 4.45. The van der Waals surface area contributed by atoms with E-state index >= 15 is 0 Å². The number of hydrogen-bond acceptors (Lipinski definition) is 2. The van der Waals surface area contributed by atoms with Crippen molar-refractivity contribution in [1.29, 1.82) is 0 Å². The second kappa shape index (κ2) is 10.6. The second-order valence-electron chi connectivity index (χ2n) is 8.87. The molecule has 0 saturated heterocycles. The summed E-state index contributed by atoms with van der Waals surface area (Å²) in [6, 6.07) is 0. The van der Waals surface area contributed by atoms with E-state index < -0.39 is 0 Å². The summed E-state index contributed by atoms with van der Waals surface area (Å²) in [5, 5.41) is 10.3. The molecule has 0 amide bonds. The Bertz CT molecular complexity index is 612. The van der Waals surface area contributed by atoms with E-state index in [4.69, 9.17) is 4.74 Å². The van der Waals surface area contributed by atoms with Crippen LogP contribution in [0.25, 0.3) is 0 Å². The second-order valence-corrected chi connectivity index (χ2v) is 8.87. The van der Waals surface area contributed by atoms with Crippen molar-refractivity contribution in [3.8, 4) is 11.5 Å². The van der Waals surface area contributed by atoms with E-state index in [0.29, 0.717) is 5.75 Å². The zero-order chi connectivity index (χ0) is 18.7. The predicted molar refractivity (Wildman–Crippen MR) is 109 cm³/mol. The van der Waals surface area contributed by atoms with Crippen LogP contribution in [0.4, 0.5) is 0 Å². The SMILES string of the molecule is COc1c(C)c(O)c(C)c(C)c1CC1CCC(CC2CC[CH-]CC2)CC1.[Y]. The number of hydrogen-bond donors (Lipinski definition) is 1. The molecule has 0 aliphatic heterocycles. The van der Waals surface area contributed by atoms with Crippen LogP contribution in [0.5, 0.6) is 11.5 Å². The first-order valence-corrected chi connectivity index (χ1v) is 10.7. The van der Waals surface area contributed by atoms with Gasteiger partial charge < -0.3 is 16.3 Å². The van der Waals surface area contributed by atoms with Crippen molar-refractivity contribution in [2.75, 3.05) is 7.11 Å². The molecule has 3 heteroatoms. The molecular weight excluding hydrogens is 409 g/mol. The Morgan fingerprint density at radius 3 is 2.00 bits per heavy atom. The number of phenols is 1. The van der Waals surface area contributed by atoms with Gasteiger partial charge in [-0.15, -0.1) is 0 Å². The van der Waals surface area contributed by atoms with Crippen LogP contribution in [0, 0.1) is 44.9 Å². The van der Waals surface area contributed by atoms with Crippen LogP contribution in [0.2, 0.25) is 0 Å². The Morgan fingerprint density at radius 1 is 0.852 bits per heavy atom. The van der Waals surface area contributed by atoms with E-state index in [9.17, 15) is 5.11 Å². The van der Waals surface area contributed by atoms with Crippen molar-refractivity contribution < 1.29 is 42.6 Å². The van der Waals surface area contributed by atoms with Crippen LogP contribution in [0.3, 0.4) is 0 Å². The zero-order valence-electron chi connectivity index (χ0n) is 17.8. The van der Waals surface area contributed by atoms with E-state index in [-0.39, 0.29) is 32.7 Å². The molecule has 2 aliphatic rings. The van der Waals surface area contributed by atoms with Gasteiger partial charge in [0.25, 0.3) is 0 Å². The fourth-order valence-electron chi connectivity index (χ4n) is 5.37. The number of aromatic hydroxyl groups is 1. The van der Waals surface area contributed by atoms with Crippen LogP contribution >= 0.6 is 0 Å². The standard InChI is InChI=1S/C24H37O2.Y/c1-16-17(2)23(25)18(3)24(26-4)22(16)15-21-12-10-20(11-13-21)14-19-8-6-5-7-9-19;/h5,19-21,25H,6-15H2,1-4H3;/q-1;. The zero-order valence-corrected chi connectivity index (χ0v) is 20.7. The van der Waals surface area contributed by atoms with Gasteiger partial charge in [-0.3, -0.25) is 0 Å². The molecule has 0 spiro atoms. The summed E-state index contributed by atoms with van der Waals surface area (Å²) in [6.07, 6.45) is 16.1. The first-order chi connectivity index (χ1) is 12.5. The molecule has 1 aromatic carbocycles. The van der Waals surface area contributed by atoms with Crippen LogP contribution in [0.15, 0.2) is 0 Å². The minimum absolute atomic E-state index is 0. The first-order valence-electron chi connectivity index (χ1n) is 10.7. The van der Waals surface area contributed by atoms with Gasteiger partial charge in [0.1, 0.15) is 11.5 Å². The van der Waals surface area contributed by atoms with Crippen molar-refractivity contribution >= 4 is 0 Å². The molecule has 0 aromatic heterocycles. The quantitative estimate of drug-likeness (QED) is 0.526. The molecule has 0 heterocycles. The van der Waals surface area contributed by atoms with Crippen LogP contribution in [0.1, 0.15) is 80.0 Å². The average molecular weight is 446 g/mol. The maximum atomic E-state index is 10.3. The van der Waals surface area contributed by atoms with Gasteiger partial charge in [0.2, 0.25) is 0 Å². The maximum Gasteiger partial charge on any atom is 0.128 e. The average Bonchev–Trinajstić information content (AvgIpc) is 2.67. The Kier molecular flexibility index (Phi) is 9.14. The van der Waals surface area contributed by atoms with Crippen molar-refractivity contribution in [2.45, 2.75) is 85.0 Å². The molecule has 2 fully saturated rings. The minimum Gasteiger partial charge on any atom is -0.507 e. The Morgan fingerprint density at radius 2 is 1.41 bits per heavy atom. The molecule has 149 valence electrons. The van der Waals surface area contributed by atoms with E-state index in [0.717, 1.165) is 41.1 Å². The minimum atomic E-state index is 0. The van der Waals surface area contributed by atoms with Gasteiger partial charge in [0.15, 0.2) is 0 Å². The van der Waals surface area contributed by atoms with Crippen molar-refractivity contribution in [3.05, 3.63) is 28.7 Å². The monoisotopic (exact) mass is 446 g/mol. The van der Waals surface area contributed by atoms with Gasteiger partial charge in [-0.1, -0.05) is 25.7 Å². The first kappa shape index (κ1) is 23.2. The summed E-state index contributed by atoms with van der Waals surface area (Å²) in [4.78, 5) is 0. The third kappa shape index (κ3) is 5.50. The predicted octanol–water partition coefficient (Wildman–Crippen LogP) is 6.46. The van der Waals surface area contributed by atoms with Gasteiger partial charge in [0, 0.05) is 38.3 Å². The summed E-state index contributed by atoms with van der Waals surface area (Å²) in [5.74, 6) is 4.02. The molecule has 1 radical (unpaired) electrons. The van der Waals surface area contributed by atoms with Crippen LogP contribution in [-0.2, 0) is 39.1 Å². The molecule has 0 atom stereocenters. The number of rotatable bonds is 5. The van der Waals surface area contributed by atoms with Crippen LogP contribution in [-0.4, -0.2) is 12.2 Å². The van der Waals surface area contributed by atoms with Crippen molar-refractivity contribution in [2.24, 2.45) is 17.8 Å². The Labute approximate surface area is 191 Å². The fourth-order valence-corrected chi connectivity index (χ4v) is 5.37. The molecule has 2 aliphatic carbocycles. The topological polar surface area (TPSA) is 29.5 Å². The molecule has 0 unspecified atom stereocenters. The van der Waals surface area contributed by atoms with Crippen molar-refractivity contribution in [3.63, 3.8) is 0 Å². The molecular formula is C24H37O2Y-. The maximum absolute atomic E-state index is 10.3. The molecule has 2 nitrogen and oxygen atoms in total. The van der Waals surface area contributed by atoms with Gasteiger partial charge in [0.05, 0.1) is 7.11 Å². The fraction of sp³-hybridized carbons (Fsp3) is 0.708. The van der Waals surface area contributed by atoms with Gasteiger partial charge in [-0.25, -0.2) is 0 Å². The molecule has 2 saturated carbocycles.